The van der Waals surface area contributed by atoms with Gasteiger partial charge in [-0.05, 0) is 40.7 Å². The molecule has 0 aliphatic heterocycles. The summed E-state index contributed by atoms with van der Waals surface area (Å²) in [6, 6.07) is 0. The molecule has 0 atom stereocenters. The Labute approximate surface area is 114 Å². The number of allylic oxidation sites excluding steroid dienone is 3. The van der Waals surface area contributed by atoms with Gasteiger partial charge >= 0.3 is 11.9 Å². The summed E-state index contributed by atoms with van der Waals surface area (Å²) in [5.41, 5.74) is -0.150. The molecule has 0 fully saturated rings. The van der Waals surface area contributed by atoms with Gasteiger partial charge in [-0.3, -0.25) is 0 Å². The third kappa shape index (κ3) is 8.83. The molecule has 0 aromatic rings. The van der Waals surface area contributed by atoms with Crippen molar-refractivity contribution in [3.63, 3.8) is 0 Å². The molecule has 0 bridgehead atoms. The lowest BCUT2D eigenvalue weighted by molar-refractivity contribution is -0.148. The Balaban J connectivity index is 4.71. The lowest BCUT2D eigenvalue weighted by atomic mass is 10.2. The predicted octanol–water partition coefficient (Wildman–Crippen LogP) is 2.95. The monoisotopic (exact) mass is 266 g/mol. The molecule has 0 heterocycles. The molecule has 19 heavy (non-hydrogen) atoms. The molecular weight excluding hydrogens is 244 g/mol. The van der Waals surface area contributed by atoms with Gasteiger partial charge in [0.25, 0.3) is 0 Å². The van der Waals surface area contributed by atoms with Crippen molar-refractivity contribution in [3.8, 4) is 0 Å². The Morgan fingerprint density at radius 2 is 1.79 bits per heavy atom. The molecule has 0 saturated heterocycles. The van der Waals surface area contributed by atoms with Crippen LogP contribution in [-0.4, -0.2) is 24.1 Å². The molecule has 106 valence electrons. The number of carbonyl (C=O) groups is 2. The molecule has 0 radical (unpaired) electrons. The van der Waals surface area contributed by atoms with Gasteiger partial charge in [0.15, 0.2) is 0 Å². The summed E-state index contributed by atoms with van der Waals surface area (Å²) in [5, 5.41) is 0. The van der Waals surface area contributed by atoms with E-state index in [4.69, 9.17) is 9.47 Å². The van der Waals surface area contributed by atoms with Gasteiger partial charge in [0.2, 0.25) is 0 Å². The Kier molecular flexibility index (Phi) is 7.49. The lowest BCUT2D eigenvalue weighted by Crippen LogP contribution is -2.22. The summed E-state index contributed by atoms with van der Waals surface area (Å²) in [6.07, 6.45) is 7.61. The third-order valence-electron chi connectivity index (χ3n) is 1.77. The normalized spacial score (nSPS) is 13.0. The predicted molar refractivity (Wildman–Crippen MR) is 74.5 cm³/mol. The molecule has 4 heteroatoms. The Hall–Kier alpha value is -1.84. The van der Waals surface area contributed by atoms with Crippen molar-refractivity contribution in [3.05, 3.63) is 36.0 Å². The van der Waals surface area contributed by atoms with Crippen LogP contribution in [0.1, 0.15) is 34.6 Å². The molecule has 0 aliphatic rings. The van der Waals surface area contributed by atoms with E-state index in [1.807, 2.05) is 0 Å². The highest BCUT2D eigenvalue weighted by Gasteiger charge is 2.13. The summed E-state index contributed by atoms with van der Waals surface area (Å²) in [6.45, 7) is 9.21. The summed E-state index contributed by atoms with van der Waals surface area (Å²) in [4.78, 5) is 23.0. The van der Waals surface area contributed by atoms with Gasteiger partial charge in [0.05, 0.1) is 12.2 Å². The highest BCUT2D eigenvalue weighted by atomic mass is 16.6. The molecule has 0 rings (SSSR count). The first-order valence-corrected chi connectivity index (χ1v) is 6.21. The number of rotatable bonds is 5. The largest absolute Gasteiger partial charge is 0.462 e. The fourth-order valence-electron chi connectivity index (χ4n) is 1.15. The minimum atomic E-state index is -0.529. The molecular formula is C15H22O4. The minimum absolute atomic E-state index is 0.309. The fraction of sp³-hybridized carbons (Fsp3) is 0.467. The van der Waals surface area contributed by atoms with E-state index in [2.05, 4.69) is 0 Å². The van der Waals surface area contributed by atoms with Crippen LogP contribution in [0.4, 0.5) is 0 Å². The fourth-order valence-corrected chi connectivity index (χ4v) is 1.15. The Morgan fingerprint density at radius 3 is 2.26 bits per heavy atom. The van der Waals surface area contributed by atoms with Gasteiger partial charge in [-0.1, -0.05) is 18.2 Å². The zero-order valence-corrected chi connectivity index (χ0v) is 12.2. The number of carbonyl (C=O) groups excluding carboxylic acids is 2. The average Bonchev–Trinajstić information content (AvgIpc) is 2.25. The highest BCUT2D eigenvalue weighted by molar-refractivity contribution is 5.92. The van der Waals surface area contributed by atoms with Crippen LogP contribution in [0.15, 0.2) is 36.0 Å². The van der Waals surface area contributed by atoms with E-state index >= 15 is 0 Å². The van der Waals surface area contributed by atoms with Crippen molar-refractivity contribution in [2.45, 2.75) is 40.2 Å². The molecule has 0 aromatic carbocycles. The first-order chi connectivity index (χ1) is 8.80. The molecule has 0 saturated carbocycles. The summed E-state index contributed by atoms with van der Waals surface area (Å²) < 4.78 is 9.98. The zero-order valence-electron chi connectivity index (χ0n) is 12.2. The molecule has 0 amide bonds. The van der Waals surface area contributed by atoms with Crippen molar-refractivity contribution in [1.29, 1.82) is 0 Å². The van der Waals surface area contributed by atoms with Gasteiger partial charge in [0.1, 0.15) is 5.60 Å². The maximum Gasteiger partial charge on any atom is 0.338 e. The van der Waals surface area contributed by atoms with E-state index in [9.17, 15) is 9.59 Å². The topological polar surface area (TPSA) is 52.6 Å². The van der Waals surface area contributed by atoms with Crippen molar-refractivity contribution < 1.29 is 19.1 Å². The van der Waals surface area contributed by atoms with Crippen molar-refractivity contribution in [2.24, 2.45) is 0 Å². The number of esters is 2. The van der Waals surface area contributed by atoms with Crippen LogP contribution in [-0.2, 0) is 19.1 Å². The number of hydrogen-bond acceptors (Lipinski definition) is 4. The van der Waals surface area contributed by atoms with Crippen LogP contribution in [0, 0.1) is 0 Å². The van der Waals surface area contributed by atoms with E-state index in [1.165, 1.54) is 18.2 Å². The van der Waals surface area contributed by atoms with Crippen molar-refractivity contribution >= 4 is 11.9 Å². The maximum absolute atomic E-state index is 11.5. The standard InChI is InChI=1S/C15H22O4/c1-6-9-12(14(17)18-7-2)10-8-11-13(16)19-15(3,4)5/h6,8-11H,7H2,1-5H3. The molecule has 0 N–H and O–H groups in total. The van der Waals surface area contributed by atoms with E-state index < -0.39 is 17.5 Å². The SMILES string of the molecule is CC=CC(=CC=CC(=O)OC(C)(C)C)C(=O)OCC. The van der Waals surface area contributed by atoms with Crippen molar-refractivity contribution in [2.75, 3.05) is 6.61 Å². The van der Waals surface area contributed by atoms with Gasteiger partial charge in [-0.25, -0.2) is 9.59 Å². The Morgan fingerprint density at radius 1 is 1.16 bits per heavy atom. The van der Waals surface area contributed by atoms with Gasteiger partial charge in [-0.2, -0.15) is 0 Å². The quantitative estimate of drug-likeness (QED) is 0.436. The van der Waals surface area contributed by atoms with Crippen LogP contribution in [0.2, 0.25) is 0 Å². The highest BCUT2D eigenvalue weighted by Crippen LogP contribution is 2.07. The van der Waals surface area contributed by atoms with Crippen LogP contribution in [0.25, 0.3) is 0 Å². The smallest absolute Gasteiger partial charge is 0.338 e. The second kappa shape index (κ2) is 8.29. The van der Waals surface area contributed by atoms with E-state index in [0.717, 1.165) is 0 Å². The van der Waals surface area contributed by atoms with Crippen LogP contribution in [0.5, 0.6) is 0 Å². The first-order valence-electron chi connectivity index (χ1n) is 6.21. The molecule has 0 aliphatic carbocycles. The zero-order chi connectivity index (χ0) is 14.9. The molecule has 0 spiro atoms. The number of hydrogen-bond donors (Lipinski definition) is 0. The summed E-state index contributed by atoms with van der Waals surface area (Å²) >= 11 is 0. The van der Waals surface area contributed by atoms with Crippen LogP contribution < -0.4 is 0 Å². The van der Waals surface area contributed by atoms with Crippen LogP contribution >= 0.6 is 0 Å². The maximum atomic E-state index is 11.5. The van der Waals surface area contributed by atoms with E-state index in [1.54, 1.807) is 46.8 Å². The second-order valence-corrected chi connectivity index (χ2v) is 4.74. The lowest BCUT2D eigenvalue weighted by Gasteiger charge is -2.17. The molecule has 0 aromatic heterocycles. The molecule has 0 unspecified atom stereocenters. The minimum Gasteiger partial charge on any atom is -0.462 e. The average molecular weight is 266 g/mol. The van der Waals surface area contributed by atoms with Gasteiger partial charge in [-0.15, -0.1) is 0 Å². The molecule has 4 nitrogen and oxygen atoms in total. The Bertz CT molecular complexity index is 395. The van der Waals surface area contributed by atoms with Gasteiger partial charge in [0, 0.05) is 6.08 Å². The van der Waals surface area contributed by atoms with E-state index in [-0.39, 0.29) is 0 Å². The van der Waals surface area contributed by atoms with Crippen molar-refractivity contribution in [1.82, 2.24) is 0 Å². The summed E-state index contributed by atoms with van der Waals surface area (Å²) in [5.74, 6) is -0.873. The van der Waals surface area contributed by atoms with Crippen LogP contribution in [0.3, 0.4) is 0 Å². The van der Waals surface area contributed by atoms with Gasteiger partial charge < -0.3 is 9.47 Å². The summed E-state index contributed by atoms with van der Waals surface area (Å²) in [7, 11) is 0. The second-order valence-electron chi connectivity index (χ2n) is 4.74. The number of ether oxygens (including phenoxy) is 2. The van der Waals surface area contributed by atoms with E-state index in [0.29, 0.717) is 12.2 Å². The third-order valence-corrected chi connectivity index (χ3v) is 1.77. The first kappa shape index (κ1) is 17.2.